The largest absolute Gasteiger partial charge is 0.391 e. The maximum atomic E-state index is 13.6. The van der Waals surface area contributed by atoms with Crippen molar-refractivity contribution in [3.05, 3.63) is 41.5 Å². The summed E-state index contributed by atoms with van der Waals surface area (Å²) in [6.07, 6.45) is 4.10. The Morgan fingerprint density at radius 1 is 1.33 bits per heavy atom. The first-order chi connectivity index (χ1) is 9.97. The SMILES string of the molecule is C/C(=C/C(=O)NC1CCCCC1O)c1ccc(F)cc1F. The molecule has 2 atom stereocenters. The highest BCUT2D eigenvalue weighted by atomic mass is 19.1. The van der Waals surface area contributed by atoms with E-state index in [4.69, 9.17) is 0 Å². The number of amides is 1. The Hall–Kier alpha value is -1.75. The molecule has 0 heterocycles. The molecule has 0 aliphatic heterocycles. The molecule has 1 fully saturated rings. The van der Waals surface area contributed by atoms with Crippen LogP contribution in [0.2, 0.25) is 0 Å². The third-order valence-electron chi connectivity index (χ3n) is 3.76. The lowest BCUT2D eigenvalue weighted by Gasteiger charge is -2.27. The number of allylic oxidation sites excluding steroid dienone is 1. The molecule has 3 nitrogen and oxygen atoms in total. The fourth-order valence-electron chi connectivity index (χ4n) is 2.59. The summed E-state index contributed by atoms with van der Waals surface area (Å²) in [5.74, 6) is -1.73. The lowest BCUT2D eigenvalue weighted by atomic mass is 9.92. The first-order valence-electron chi connectivity index (χ1n) is 7.09. The van der Waals surface area contributed by atoms with Crippen LogP contribution in [0.1, 0.15) is 38.2 Å². The van der Waals surface area contributed by atoms with Gasteiger partial charge < -0.3 is 10.4 Å². The molecule has 0 spiro atoms. The van der Waals surface area contributed by atoms with Crippen molar-refractivity contribution in [2.45, 2.75) is 44.8 Å². The molecule has 1 aromatic carbocycles. The third-order valence-corrected chi connectivity index (χ3v) is 3.76. The van der Waals surface area contributed by atoms with Crippen molar-refractivity contribution in [2.24, 2.45) is 0 Å². The van der Waals surface area contributed by atoms with E-state index in [2.05, 4.69) is 5.32 Å². The Morgan fingerprint density at radius 2 is 2.05 bits per heavy atom. The van der Waals surface area contributed by atoms with Crippen LogP contribution in [-0.4, -0.2) is 23.2 Å². The number of carbonyl (C=O) groups is 1. The maximum absolute atomic E-state index is 13.6. The molecule has 0 bridgehead atoms. The number of hydrogen-bond acceptors (Lipinski definition) is 2. The van der Waals surface area contributed by atoms with Crippen LogP contribution in [0.4, 0.5) is 8.78 Å². The summed E-state index contributed by atoms with van der Waals surface area (Å²) >= 11 is 0. The predicted octanol–water partition coefficient (Wildman–Crippen LogP) is 2.79. The highest BCUT2D eigenvalue weighted by Gasteiger charge is 2.23. The van der Waals surface area contributed by atoms with Crippen LogP contribution >= 0.6 is 0 Å². The second-order valence-corrected chi connectivity index (χ2v) is 5.42. The summed E-state index contributed by atoms with van der Waals surface area (Å²) in [5, 5.41) is 12.5. The van der Waals surface area contributed by atoms with E-state index in [0.717, 1.165) is 31.4 Å². The van der Waals surface area contributed by atoms with Crippen LogP contribution < -0.4 is 5.32 Å². The molecule has 1 aliphatic rings. The van der Waals surface area contributed by atoms with Crippen LogP contribution in [0.25, 0.3) is 5.57 Å². The Labute approximate surface area is 122 Å². The van der Waals surface area contributed by atoms with Crippen LogP contribution in [0.3, 0.4) is 0 Å². The van der Waals surface area contributed by atoms with E-state index in [1.54, 1.807) is 6.92 Å². The molecule has 1 amide bonds. The van der Waals surface area contributed by atoms with E-state index in [1.165, 1.54) is 12.1 Å². The van der Waals surface area contributed by atoms with Gasteiger partial charge in [-0.3, -0.25) is 4.79 Å². The number of benzene rings is 1. The molecule has 2 unspecified atom stereocenters. The lowest BCUT2D eigenvalue weighted by Crippen LogP contribution is -2.44. The van der Waals surface area contributed by atoms with Crippen LogP contribution in [0, 0.1) is 11.6 Å². The summed E-state index contributed by atoms with van der Waals surface area (Å²) in [6.45, 7) is 1.59. The van der Waals surface area contributed by atoms with E-state index in [1.807, 2.05) is 0 Å². The standard InChI is InChI=1S/C16H19F2NO2/c1-10(12-7-6-11(17)9-13(12)18)8-16(21)19-14-4-2-3-5-15(14)20/h6-9,14-15,20H,2-5H2,1H3,(H,19,21)/b10-8-. The normalized spacial score (nSPS) is 23.0. The number of nitrogens with one attached hydrogen (secondary N) is 1. The van der Waals surface area contributed by atoms with E-state index in [0.29, 0.717) is 12.0 Å². The fraction of sp³-hybridized carbons (Fsp3) is 0.438. The van der Waals surface area contributed by atoms with Crippen LogP contribution in [0.15, 0.2) is 24.3 Å². The van der Waals surface area contributed by atoms with Gasteiger partial charge in [0, 0.05) is 17.7 Å². The topological polar surface area (TPSA) is 49.3 Å². The molecule has 2 N–H and O–H groups in total. The minimum absolute atomic E-state index is 0.191. The van der Waals surface area contributed by atoms with Crippen molar-refractivity contribution in [1.29, 1.82) is 0 Å². The van der Waals surface area contributed by atoms with Crippen LogP contribution in [-0.2, 0) is 4.79 Å². The zero-order valence-electron chi connectivity index (χ0n) is 11.9. The van der Waals surface area contributed by atoms with E-state index in [9.17, 15) is 18.7 Å². The van der Waals surface area contributed by atoms with Gasteiger partial charge in [-0.05, 0) is 37.5 Å². The highest BCUT2D eigenvalue weighted by Crippen LogP contribution is 2.20. The number of halogens is 2. The van der Waals surface area contributed by atoms with Gasteiger partial charge >= 0.3 is 0 Å². The highest BCUT2D eigenvalue weighted by molar-refractivity contribution is 5.95. The zero-order chi connectivity index (χ0) is 15.4. The summed E-state index contributed by atoms with van der Waals surface area (Å²) in [5.41, 5.74) is 0.603. The summed E-state index contributed by atoms with van der Waals surface area (Å²) in [6, 6.07) is 2.99. The maximum Gasteiger partial charge on any atom is 0.244 e. The molecular formula is C16H19F2NO2. The van der Waals surface area contributed by atoms with Gasteiger partial charge in [0.05, 0.1) is 12.1 Å². The van der Waals surface area contributed by atoms with E-state index in [-0.39, 0.29) is 17.5 Å². The number of carbonyl (C=O) groups excluding carboxylic acids is 1. The molecule has 0 aromatic heterocycles. The molecule has 0 saturated heterocycles. The molecule has 114 valence electrons. The molecule has 21 heavy (non-hydrogen) atoms. The van der Waals surface area contributed by atoms with Crippen molar-refractivity contribution < 1.29 is 18.7 Å². The molecule has 1 aromatic rings. The molecule has 1 aliphatic carbocycles. The van der Waals surface area contributed by atoms with Gasteiger partial charge in [-0.1, -0.05) is 12.8 Å². The summed E-state index contributed by atoms with van der Waals surface area (Å²) in [7, 11) is 0. The van der Waals surface area contributed by atoms with Crippen molar-refractivity contribution in [3.8, 4) is 0 Å². The molecule has 5 heteroatoms. The van der Waals surface area contributed by atoms with E-state index < -0.39 is 17.7 Å². The monoisotopic (exact) mass is 295 g/mol. The average molecular weight is 295 g/mol. The Kier molecular flexibility index (Phi) is 5.07. The summed E-state index contributed by atoms with van der Waals surface area (Å²) < 4.78 is 26.5. The van der Waals surface area contributed by atoms with Gasteiger partial charge in [0.2, 0.25) is 5.91 Å². The predicted molar refractivity (Wildman–Crippen MR) is 76.4 cm³/mol. The lowest BCUT2D eigenvalue weighted by molar-refractivity contribution is -0.118. The number of rotatable bonds is 3. The minimum Gasteiger partial charge on any atom is -0.391 e. The molecular weight excluding hydrogens is 276 g/mol. The summed E-state index contributed by atoms with van der Waals surface area (Å²) in [4.78, 5) is 11.9. The molecule has 2 rings (SSSR count). The van der Waals surface area contributed by atoms with Crippen molar-refractivity contribution >= 4 is 11.5 Å². The Morgan fingerprint density at radius 3 is 2.71 bits per heavy atom. The van der Waals surface area contributed by atoms with Crippen molar-refractivity contribution in [3.63, 3.8) is 0 Å². The van der Waals surface area contributed by atoms with Gasteiger partial charge in [0.1, 0.15) is 11.6 Å². The number of aliphatic hydroxyl groups is 1. The first kappa shape index (κ1) is 15.6. The minimum atomic E-state index is -0.700. The first-order valence-corrected chi connectivity index (χ1v) is 7.09. The van der Waals surface area contributed by atoms with Crippen LogP contribution in [0.5, 0.6) is 0 Å². The van der Waals surface area contributed by atoms with Gasteiger partial charge in [0.15, 0.2) is 0 Å². The van der Waals surface area contributed by atoms with Gasteiger partial charge in [-0.25, -0.2) is 8.78 Å². The average Bonchev–Trinajstić information content (AvgIpc) is 2.41. The molecule has 1 saturated carbocycles. The second kappa shape index (κ2) is 6.80. The second-order valence-electron chi connectivity index (χ2n) is 5.42. The van der Waals surface area contributed by atoms with E-state index >= 15 is 0 Å². The Balaban J connectivity index is 2.05. The zero-order valence-corrected chi connectivity index (χ0v) is 11.9. The fourth-order valence-corrected chi connectivity index (χ4v) is 2.59. The smallest absolute Gasteiger partial charge is 0.244 e. The van der Waals surface area contributed by atoms with Gasteiger partial charge in [0.25, 0.3) is 0 Å². The molecule has 0 radical (unpaired) electrons. The quantitative estimate of drug-likeness (QED) is 0.842. The van der Waals surface area contributed by atoms with Crippen molar-refractivity contribution in [1.82, 2.24) is 5.32 Å². The Bertz CT molecular complexity index is 557. The third kappa shape index (κ3) is 4.11. The number of aliphatic hydroxyl groups excluding tert-OH is 1. The number of hydrogen-bond donors (Lipinski definition) is 2. The van der Waals surface area contributed by atoms with Gasteiger partial charge in [-0.2, -0.15) is 0 Å². The van der Waals surface area contributed by atoms with Gasteiger partial charge in [-0.15, -0.1) is 0 Å². The van der Waals surface area contributed by atoms with Crippen molar-refractivity contribution in [2.75, 3.05) is 0 Å².